The molecule has 0 saturated carbocycles. The zero-order valence-electron chi connectivity index (χ0n) is 8.41. The van der Waals surface area contributed by atoms with Crippen LogP contribution in [0, 0.1) is 6.92 Å². The van der Waals surface area contributed by atoms with E-state index in [0.29, 0.717) is 0 Å². The van der Waals surface area contributed by atoms with Crippen LogP contribution in [0.3, 0.4) is 0 Å². The number of thiophene rings is 1. The van der Waals surface area contributed by atoms with Gasteiger partial charge < -0.3 is 0 Å². The zero-order chi connectivity index (χ0) is 10.7. The smallest absolute Gasteiger partial charge is 0.0273 e. The molecule has 76 valence electrons. The Labute approximate surface area is 102 Å². The molecule has 2 heteroatoms. The Hall–Kier alpha value is -0.860. The van der Waals surface area contributed by atoms with E-state index in [9.17, 15) is 0 Å². The highest BCUT2D eigenvalue weighted by Crippen LogP contribution is 2.21. The first kappa shape index (κ1) is 10.7. The molecule has 0 atom stereocenters. The molecule has 0 fully saturated rings. The molecule has 0 bridgehead atoms. The second-order valence-corrected chi connectivity index (χ2v) is 5.48. The number of hydrogen-bond acceptors (Lipinski definition) is 1. The van der Waals surface area contributed by atoms with Gasteiger partial charge in [0.2, 0.25) is 0 Å². The minimum absolute atomic E-state index is 1.13. The number of aryl methyl sites for hydroxylation is 1. The van der Waals surface area contributed by atoms with Crippen molar-refractivity contribution in [2.45, 2.75) is 6.92 Å². The second kappa shape index (κ2) is 4.77. The fourth-order valence-corrected chi connectivity index (χ4v) is 2.52. The van der Waals surface area contributed by atoms with E-state index in [0.717, 1.165) is 4.47 Å². The van der Waals surface area contributed by atoms with E-state index in [1.165, 1.54) is 15.3 Å². The molecular weight excluding hydrogens is 268 g/mol. The summed E-state index contributed by atoms with van der Waals surface area (Å²) < 4.78 is 1.13. The first-order valence-corrected chi connectivity index (χ1v) is 6.36. The molecule has 0 aliphatic rings. The van der Waals surface area contributed by atoms with Crippen LogP contribution in [0.2, 0.25) is 0 Å². The Kier molecular flexibility index (Phi) is 3.39. The maximum Gasteiger partial charge on any atom is 0.0273 e. The van der Waals surface area contributed by atoms with Crippen molar-refractivity contribution >= 4 is 39.4 Å². The van der Waals surface area contributed by atoms with Crippen LogP contribution in [0.1, 0.15) is 15.3 Å². The lowest BCUT2D eigenvalue weighted by atomic mass is 10.2. The van der Waals surface area contributed by atoms with Gasteiger partial charge in [-0.2, -0.15) is 0 Å². The Morgan fingerprint density at radius 1 is 1.07 bits per heavy atom. The fraction of sp³-hybridized carbons (Fsp3) is 0.0769. The molecule has 1 aromatic carbocycles. The van der Waals surface area contributed by atoms with E-state index < -0.39 is 0 Å². The molecule has 15 heavy (non-hydrogen) atoms. The van der Waals surface area contributed by atoms with Crippen LogP contribution in [0.25, 0.3) is 12.2 Å². The monoisotopic (exact) mass is 278 g/mol. The first-order chi connectivity index (χ1) is 7.25. The SMILES string of the molecule is Cc1ccc(/C=C/c2ccccc2Br)s1. The summed E-state index contributed by atoms with van der Waals surface area (Å²) in [6.07, 6.45) is 4.28. The van der Waals surface area contributed by atoms with Crippen LogP contribution in [-0.2, 0) is 0 Å². The van der Waals surface area contributed by atoms with Crippen LogP contribution >= 0.6 is 27.3 Å². The van der Waals surface area contributed by atoms with E-state index in [2.05, 4.69) is 59.3 Å². The predicted octanol–water partition coefficient (Wildman–Crippen LogP) is 4.99. The quantitative estimate of drug-likeness (QED) is 0.726. The van der Waals surface area contributed by atoms with Gasteiger partial charge in [0.05, 0.1) is 0 Å². The van der Waals surface area contributed by atoms with Crippen molar-refractivity contribution in [3.63, 3.8) is 0 Å². The van der Waals surface area contributed by atoms with Gasteiger partial charge in [-0.15, -0.1) is 11.3 Å². The number of halogens is 1. The van der Waals surface area contributed by atoms with E-state index in [1.54, 1.807) is 0 Å². The summed E-state index contributed by atoms with van der Waals surface area (Å²) in [5.74, 6) is 0. The van der Waals surface area contributed by atoms with Gasteiger partial charge in [-0.05, 0) is 36.8 Å². The predicted molar refractivity (Wildman–Crippen MR) is 72.1 cm³/mol. The Bertz CT molecular complexity index is 483. The molecule has 0 saturated heterocycles. The van der Waals surface area contributed by atoms with Gasteiger partial charge in [0, 0.05) is 14.2 Å². The van der Waals surface area contributed by atoms with Gasteiger partial charge in [0.1, 0.15) is 0 Å². The first-order valence-electron chi connectivity index (χ1n) is 4.75. The van der Waals surface area contributed by atoms with Crippen molar-refractivity contribution in [2.75, 3.05) is 0 Å². The molecule has 2 rings (SSSR count). The van der Waals surface area contributed by atoms with Crippen LogP contribution in [0.5, 0.6) is 0 Å². The molecule has 1 aromatic heterocycles. The third-order valence-electron chi connectivity index (χ3n) is 2.09. The molecule has 0 nitrogen and oxygen atoms in total. The van der Waals surface area contributed by atoms with E-state index in [4.69, 9.17) is 0 Å². The molecule has 0 radical (unpaired) electrons. The molecule has 0 N–H and O–H groups in total. The average molecular weight is 279 g/mol. The van der Waals surface area contributed by atoms with Gasteiger partial charge in [0.15, 0.2) is 0 Å². The molecule has 0 aliphatic carbocycles. The lowest BCUT2D eigenvalue weighted by Crippen LogP contribution is -1.72. The fourth-order valence-electron chi connectivity index (χ4n) is 1.33. The summed E-state index contributed by atoms with van der Waals surface area (Å²) in [4.78, 5) is 2.64. The summed E-state index contributed by atoms with van der Waals surface area (Å²) in [5, 5.41) is 0. The second-order valence-electron chi connectivity index (χ2n) is 3.30. The molecule has 1 heterocycles. The van der Waals surface area contributed by atoms with E-state index in [-0.39, 0.29) is 0 Å². The average Bonchev–Trinajstić information content (AvgIpc) is 2.63. The molecule has 0 amide bonds. The summed E-state index contributed by atoms with van der Waals surface area (Å²) >= 11 is 5.34. The lowest BCUT2D eigenvalue weighted by Gasteiger charge is -1.95. The summed E-state index contributed by atoms with van der Waals surface area (Å²) in [6, 6.07) is 12.5. The molecule has 0 aliphatic heterocycles. The van der Waals surface area contributed by atoms with Crippen LogP contribution in [0.4, 0.5) is 0 Å². The van der Waals surface area contributed by atoms with Gasteiger partial charge in [0.25, 0.3) is 0 Å². The van der Waals surface area contributed by atoms with Crippen molar-refractivity contribution in [3.05, 3.63) is 56.2 Å². The normalized spacial score (nSPS) is 11.1. The highest BCUT2D eigenvalue weighted by Gasteiger charge is 1.94. The number of benzene rings is 1. The lowest BCUT2D eigenvalue weighted by molar-refractivity contribution is 1.61. The largest absolute Gasteiger partial charge is 0.141 e. The highest BCUT2D eigenvalue weighted by molar-refractivity contribution is 9.10. The summed E-state index contributed by atoms with van der Waals surface area (Å²) in [5.41, 5.74) is 1.21. The van der Waals surface area contributed by atoms with Crippen molar-refractivity contribution in [2.24, 2.45) is 0 Å². The van der Waals surface area contributed by atoms with Crippen molar-refractivity contribution in [1.29, 1.82) is 0 Å². The maximum absolute atomic E-state index is 3.53. The van der Waals surface area contributed by atoms with Crippen LogP contribution in [-0.4, -0.2) is 0 Å². The standard InChI is InChI=1S/C13H11BrS/c1-10-6-8-12(15-10)9-7-11-4-2-3-5-13(11)14/h2-9H,1H3/b9-7+. The summed E-state index contributed by atoms with van der Waals surface area (Å²) in [6.45, 7) is 2.13. The Morgan fingerprint density at radius 2 is 1.87 bits per heavy atom. The Balaban J connectivity index is 2.22. The van der Waals surface area contributed by atoms with Gasteiger partial charge in [-0.1, -0.05) is 40.2 Å². The molecule has 0 unspecified atom stereocenters. The van der Waals surface area contributed by atoms with Crippen LogP contribution < -0.4 is 0 Å². The number of rotatable bonds is 2. The van der Waals surface area contributed by atoms with Gasteiger partial charge in [-0.25, -0.2) is 0 Å². The molecule has 2 aromatic rings. The molecular formula is C13H11BrS. The summed E-state index contributed by atoms with van der Waals surface area (Å²) in [7, 11) is 0. The third-order valence-corrected chi connectivity index (χ3v) is 3.78. The highest BCUT2D eigenvalue weighted by atomic mass is 79.9. The van der Waals surface area contributed by atoms with Gasteiger partial charge in [-0.3, -0.25) is 0 Å². The third kappa shape index (κ3) is 2.80. The maximum atomic E-state index is 3.53. The Morgan fingerprint density at radius 3 is 2.53 bits per heavy atom. The van der Waals surface area contributed by atoms with Crippen LogP contribution in [0.15, 0.2) is 40.9 Å². The van der Waals surface area contributed by atoms with Crippen molar-refractivity contribution < 1.29 is 0 Å². The van der Waals surface area contributed by atoms with Crippen molar-refractivity contribution in [3.8, 4) is 0 Å². The van der Waals surface area contributed by atoms with E-state index >= 15 is 0 Å². The molecule has 0 spiro atoms. The van der Waals surface area contributed by atoms with Gasteiger partial charge >= 0.3 is 0 Å². The number of hydrogen-bond donors (Lipinski definition) is 0. The minimum Gasteiger partial charge on any atom is -0.141 e. The van der Waals surface area contributed by atoms with E-state index in [1.807, 2.05) is 23.5 Å². The topological polar surface area (TPSA) is 0 Å². The minimum atomic E-state index is 1.13. The zero-order valence-corrected chi connectivity index (χ0v) is 10.8. The van der Waals surface area contributed by atoms with Crippen molar-refractivity contribution in [1.82, 2.24) is 0 Å².